The molecule has 2 aromatic carbocycles. The summed E-state index contributed by atoms with van der Waals surface area (Å²) in [4.78, 5) is 16.0. The average molecular weight is 447 g/mol. The van der Waals surface area contributed by atoms with E-state index in [-0.39, 0.29) is 0 Å². The Morgan fingerprint density at radius 1 is 1.13 bits per heavy atom. The Hall–Kier alpha value is -2.29. The van der Waals surface area contributed by atoms with Crippen LogP contribution in [-0.2, 0) is 17.6 Å². The van der Waals surface area contributed by atoms with Crippen molar-refractivity contribution >= 4 is 34.3 Å². The third-order valence-electron chi connectivity index (χ3n) is 5.08. The summed E-state index contributed by atoms with van der Waals surface area (Å²) in [7, 11) is 3.23. The molecule has 0 aliphatic carbocycles. The zero-order chi connectivity index (χ0) is 21.5. The molecule has 1 saturated heterocycles. The lowest BCUT2D eigenvalue weighted by atomic mass is 10.1. The number of benzene rings is 2. The second-order valence-electron chi connectivity index (χ2n) is 7.02. The molecule has 1 unspecified atom stereocenters. The number of ether oxygens (including phenoxy) is 2. The summed E-state index contributed by atoms with van der Waals surface area (Å²) < 4.78 is 11.5. The van der Waals surface area contributed by atoms with Crippen molar-refractivity contribution in [3.63, 3.8) is 0 Å². The molecule has 0 bridgehead atoms. The SMILES string of the molecule is COc1ccc(CCN2CN(C(Cc3ccccc3)C(=O)O)CSC2=S)cc1OC. The lowest BCUT2D eigenvalue weighted by Crippen LogP contribution is -2.52. The molecule has 0 radical (unpaired) electrons. The van der Waals surface area contributed by atoms with Gasteiger partial charge in [-0.1, -0.05) is 60.4 Å². The number of nitrogens with zero attached hydrogens (tertiary/aromatic N) is 2. The van der Waals surface area contributed by atoms with Crippen LogP contribution in [0, 0.1) is 0 Å². The lowest BCUT2D eigenvalue weighted by Gasteiger charge is -2.39. The fraction of sp³-hybridized carbons (Fsp3) is 0.364. The molecule has 30 heavy (non-hydrogen) atoms. The molecule has 0 aromatic heterocycles. The molecule has 1 atom stereocenters. The summed E-state index contributed by atoms with van der Waals surface area (Å²) in [5.41, 5.74) is 2.12. The Balaban J connectivity index is 1.65. The van der Waals surface area contributed by atoms with Crippen molar-refractivity contribution in [3.8, 4) is 11.5 Å². The lowest BCUT2D eigenvalue weighted by molar-refractivity contribution is -0.143. The van der Waals surface area contributed by atoms with Crippen LogP contribution in [0.15, 0.2) is 48.5 Å². The molecule has 0 spiro atoms. The van der Waals surface area contributed by atoms with E-state index < -0.39 is 12.0 Å². The number of hydrogen-bond acceptors (Lipinski definition) is 6. The zero-order valence-corrected chi connectivity index (χ0v) is 18.7. The van der Waals surface area contributed by atoms with Gasteiger partial charge in [0, 0.05) is 6.54 Å². The number of carbonyl (C=O) groups is 1. The van der Waals surface area contributed by atoms with Crippen molar-refractivity contribution in [1.82, 2.24) is 9.80 Å². The third kappa shape index (κ3) is 5.65. The Morgan fingerprint density at radius 3 is 2.53 bits per heavy atom. The molecule has 3 rings (SSSR count). The molecule has 160 valence electrons. The van der Waals surface area contributed by atoms with Gasteiger partial charge >= 0.3 is 5.97 Å². The van der Waals surface area contributed by atoms with Crippen LogP contribution in [0.25, 0.3) is 0 Å². The Morgan fingerprint density at radius 2 is 1.87 bits per heavy atom. The highest BCUT2D eigenvalue weighted by atomic mass is 32.2. The molecule has 8 heteroatoms. The molecule has 1 aliphatic rings. The maximum Gasteiger partial charge on any atom is 0.321 e. The van der Waals surface area contributed by atoms with Gasteiger partial charge in [-0.25, -0.2) is 0 Å². The second-order valence-corrected chi connectivity index (χ2v) is 8.59. The monoisotopic (exact) mass is 446 g/mol. The van der Waals surface area contributed by atoms with E-state index in [1.165, 1.54) is 11.8 Å². The number of hydrogen-bond donors (Lipinski definition) is 1. The summed E-state index contributed by atoms with van der Waals surface area (Å²) in [5.74, 6) is 1.16. The topological polar surface area (TPSA) is 62.2 Å². The van der Waals surface area contributed by atoms with Gasteiger partial charge in [-0.15, -0.1) is 0 Å². The largest absolute Gasteiger partial charge is 0.493 e. The molecule has 1 heterocycles. The van der Waals surface area contributed by atoms with E-state index in [0.717, 1.165) is 21.9 Å². The second kappa shape index (κ2) is 10.7. The van der Waals surface area contributed by atoms with Gasteiger partial charge in [-0.2, -0.15) is 0 Å². The Bertz CT molecular complexity index is 879. The average Bonchev–Trinajstić information content (AvgIpc) is 2.77. The number of methoxy groups -OCH3 is 2. The van der Waals surface area contributed by atoms with Crippen LogP contribution in [0.4, 0.5) is 0 Å². The van der Waals surface area contributed by atoms with Crippen LogP contribution in [-0.4, -0.2) is 64.5 Å². The van der Waals surface area contributed by atoms with Gasteiger partial charge in [0.25, 0.3) is 0 Å². The number of carboxylic acids is 1. The van der Waals surface area contributed by atoms with Gasteiger partial charge in [0.15, 0.2) is 11.5 Å². The predicted molar refractivity (Wildman–Crippen MR) is 123 cm³/mol. The standard InChI is InChI=1S/C22H26N2O4S2/c1-27-19-9-8-17(13-20(19)28-2)10-11-23-14-24(15-30-22(23)29)18(21(25)26)12-16-6-4-3-5-7-16/h3-9,13,18H,10-12,14-15H2,1-2H3,(H,25,26). The molecular weight excluding hydrogens is 420 g/mol. The van der Waals surface area contributed by atoms with E-state index in [1.54, 1.807) is 14.2 Å². The minimum Gasteiger partial charge on any atom is -0.493 e. The van der Waals surface area contributed by atoms with Gasteiger partial charge < -0.3 is 19.5 Å². The molecule has 1 fully saturated rings. The molecule has 6 nitrogen and oxygen atoms in total. The van der Waals surface area contributed by atoms with E-state index >= 15 is 0 Å². The van der Waals surface area contributed by atoms with E-state index in [1.807, 2.05) is 53.4 Å². The van der Waals surface area contributed by atoms with Gasteiger partial charge in [-0.3, -0.25) is 9.69 Å². The number of aliphatic carboxylic acids is 1. The van der Waals surface area contributed by atoms with Crippen LogP contribution in [0.5, 0.6) is 11.5 Å². The molecular formula is C22H26N2O4S2. The Kier molecular flexibility index (Phi) is 7.95. The van der Waals surface area contributed by atoms with E-state index in [9.17, 15) is 9.90 Å². The first-order valence-electron chi connectivity index (χ1n) is 9.65. The maximum atomic E-state index is 12.0. The maximum absolute atomic E-state index is 12.0. The van der Waals surface area contributed by atoms with E-state index in [0.29, 0.717) is 37.0 Å². The molecule has 0 amide bonds. The fourth-order valence-corrected chi connectivity index (χ4v) is 4.58. The van der Waals surface area contributed by atoms with Gasteiger partial charge in [0.2, 0.25) is 0 Å². The van der Waals surface area contributed by atoms with Crippen LogP contribution >= 0.6 is 24.0 Å². The van der Waals surface area contributed by atoms with Crippen molar-refractivity contribution in [3.05, 3.63) is 59.7 Å². The van der Waals surface area contributed by atoms with Crippen LogP contribution < -0.4 is 9.47 Å². The van der Waals surface area contributed by atoms with Crippen molar-refractivity contribution < 1.29 is 19.4 Å². The van der Waals surface area contributed by atoms with Crippen LogP contribution in [0.2, 0.25) is 0 Å². The van der Waals surface area contributed by atoms with Crippen molar-refractivity contribution in [2.24, 2.45) is 0 Å². The van der Waals surface area contributed by atoms with E-state index in [4.69, 9.17) is 21.7 Å². The molecule has 1 aliphatic heterocycles. The molecule has 0 saturated carbocycles. The number of rotatable bonds is 9. The van der Waals surface area contributed by atoms with Crippen molar-refractivity contribution in [2.45, 2.75) is 18.9 Å². The smallest absolute Gasteiger partial charge is 0.321 e. The van der Waals surface area contributed by atoms with Crippen LogP contribution in [0.3, 0.4) is 0 Å². The third-order valence-corrected chi connectivity index (χ3v) is 6.66. The van der Waals surface area contributed by atoms with Gasteiger partial charge in [0.05, 0.1) is 26.8 Å². The highest BCUT2D eigenvalue weighted by Gasteiger charge is 2.31. The van der Waals surface area contributed by atoms with Gasteiger partial charge in [-0.05, 0) is 36.1 Å². The Labute approximate surface area is 186 Å². The van der Waals surface area contributed by atoms with E-state index in [2.05, 4.69) is 4.90 Å². The number of thiocarbonyl (C=S) groups is 1. The number of carboxylic acid groups (broad SMARTS) is 1. The quantitative estimate of drug-likeness (QED) is 0.588. The highest BCUT2D eigenvalue weighted by Crippen LogP contribution is 2.28. The minimum atomic E-state index is -0.813. The molecule has 2 aromatic rings. The first kappa shape index (κ1) is 22.4. The molecule has 1 N–H and O–H groups in total. The summed E-state index contributed by atoms with van der Waals surface area (Å²) in [6, 6.07) is 15.0. The summed E-state index contributed by atoms with van der Waals surface area (Å²) in [5, 5.41) is 9.83. The summed E-state index contributed by atoms with van der Waals surface area (Å²) in [6.07, 6.45) is 1.23. The van der Waals surface area contributed by atoms with Crippen molar-refractivity contribution in [1.29, 1.82) is 0 Å². The fourth-order valence-electron chi connectivity index (χ4n) is 3.41. The zero-order valence-electron chi connectivity index (χ0n) is 17.1. The normalized spacial score (nSPS) is 15.7. The van der Waals surface area contributed by atoms with Crippen LogP contribution in [0.1, 0.15) is 11.1 Å². The number of thioether (sulfide) groups is 1. The summed E-state index contributed by atoms with van der Waals surface area (Å²) in [6.45, 7) is 1.21. The summed E-state index contributed by atoms with van der Waals surface area (Å²) >= 11 is 7.05. The predicted octanol–water partition coefficient (Wildman–Crippen LogP) is 3.49. The highest BCUT2D eigenvalue weighted by molar-refractivity contribution is 8.22. The van der Waals surface area contributed by atoms with Gasteiger partial charge in [0.1, 0.15) is 10.4 Å². The minimum absolute atomic E-state index is 0.465. The van der Waals surface area contributed by atoms with Crippen molar-refractivity contribution in [2.75, 3.05) is 33.3 Å². The first-order valence-corrected chi connectivity index (χ1v) is 11.0. The first-order chi connectivity index (χ1) is 14.5.